The Bertz CT molecular complexity index is 546. The van der Waals surface area contributed by atoms with E-state index in [1.54, 1.807) is 0 Å². The van der Waals surface area contributed by atoms with Gasteiger partial charge in [0, 0.05) is 23.7 Å². The van der Waals surface area contributed by atoms with Gasteiger partial charge in [-0.2, -0.15) is 0 Å². The highest BCUT2D eigenvalue weighted by molar-refractivity contribution is 5.84. The van der Waals surface area contributed by atoms with E-state index in [0.29, 0.717) is 0 Å². The minimum absolute atomic E-state index is 0.0308. The number of hydrogen-bond donors (Lipinski definition) is 3. The SMILES string of the molecule is CCNc1cccc(C(C)(C)C(NC)C(=O)NC(C)C(C)(C)C)c1. The third-order valence-corrected chi connectivity index (χ3v) is 4.92. The summed E-state index contributed by atoms with van der Waals surface area (Å²) in [5.74, 6) is 0.0405. The minimum Gasteiger partial charge on any atom is -0.385 e. The van der Waals surface area contributed by atoms with Crippen LogP contribution < -0.4 is 16.0 Å². The normalized spacial score (nSPS) is 14.8. The van der Waals surface area contributed by atoms with E-state index in [1.807, 2.05) is 13.1 Å². The van der Waals surface area contributed by atoms with E-state index >= 15 is 0 Å². The van der Waals surface area contributed by atoms with Crippen molar-refractivity contribution in [1.29, 1.82) is 0 Å². The highest BCUT2D eigenvalue weighted by Crippen LogP contribution is 2.30. The minimum atomic E-state index is -0.331. The van der Waals surface area contributed by atoms with Crippen LogP contribution in [0.15, 0.2) is 24.3 Å². The van der Waals surface area contributed by atoms with Crippen LogP contribution in [0.2, 0.25) is 0 Å². The van der Waals surface area contributed by atoms with Crippen molar-refractivity contribution in [3.63, 3.8) is 0 Å². The molecule has 0 aromatic heterocycles. The molecule has 0 spiro atoms. The van der Waals surface area contributed by atoms with Crippen LogP contribution in [0, 0.1) is 5.41 Å². The maximum atomic E-state index is 12.9. The second-order valence-corrected chi connectivity index (χ2v) is 8.15. The first-order chi connectivity index (χ1) is 11.0. The van der Waals surface area contributed by atoms with Gasteiger partial charge in [0.15, 0.2) is 0 Å². The summed E-state index contributed by atoms with van der Waals surface area (Å²) in [6.07, 6.45) is 0. The summed E-state index contributed by atoms with van der Waals surface area (Å²) in [5.41, 5.74) is 1.92. The summed E-state index contributed by atoms with van der Waals surface area (Å²) >= 11 is 0. The Morgan fingerprint density at radius 2 is 1.79 bits per heavy atom. The third-order valence-electron chi connectivity index (χ3n) is 4.92. The lowest BCUT2D eigenvalue weighted by Crippen LogP contribution is -2.56. The predicted molar refractivity (Wildman–Crippen MR) is 104 cm³/mol. The summed E-state index contributed by atoms with van der Waals surface area (Å²) in [5, 5.41) is 9.72. The molecule has 1 rings (SSSR count). The lowest BCUT2D eigenvalue weighted by atomic mass is 9.76. The molecule has 4 nitrogen and oxygen atoms in total. The zero-order valence-electron chi connectivity index (χ0n) is 16.6. The predicted octanol–water partition coefficient (Wildman–Crippen LogP) is 3.53. The van der Waals surface area contributed by atoms with Gasteiger partial charge < -0.3 is 16.0 Å². The molecule has 0 fully saturated rings. The Morgan fingerprint density at radius 1 is 1.17 bits per heavy atom. The quantitative estimate of drug-likeness (QED) is 0.715. The Morgan fingerprint density at radius 3 is 2.29 bits per heavy atom. The van der Waals surface area contributed by atoms with E-state index in [1.165, 1.54) is 0 Å². The van der Waals surface area contributed by atoms with Gasteiger partial charge in [-0.15, -0.1) is 0 Å². The molecule has 136 valence electrons. The van der Waals surface area contributed by atoms with Crippen molar-refractivity contribution in [2.75, 3.05) is 18.9 Å². The van der Waals surface area contributed by atoms with Crippen molar-refractivity contribution in [3.05, 3.63) is 29.8 Å². The van der Waals surface area contributed by atoms with Crippen LogP contribution in [0.25, 0.3) is 0 Å². The number of amides is 1. The van der Waals surface area contributed by atoms with Crippen molar-refractivity contribution < 1.29 is 4.79 Å². The van der Waals surface area contributed by atoms with Crippen LogP contribution in [-0.4, -0.2) is 31.6 Å². The molecule has 3 N–H and O–H groups in total. The van der Waals surface area contributed by atoms with Crippen LogP contribution >= 0.6 is 0 Å². The van der Waals surface area contributed by atoms with Crippen molar-refractivity contribution in [2.24, 2.45) is 5.41 Å². The number of hydrogen-bond acceptors (Lipinski definition) is 3. The van der Waals surface area contributed by atoms with Crippen molar-refractivity contribution >= 4 is 11.6 Å². The fourth-order valence-corrected chi connectivity index (χ4v) is 2.73. The number of carbonyl (C=O) groups excluding carboxylic acids is 1. The van der Waals surface area contributed by atoms with Gasteiger partial charge in [-0.05, 0) is 44.0 Å². The lowest BCUT2D eigenvalue weighted by molar-refractivity contribution is -0.125. The molecule has 0 saturated carbocycles. The van der Waals surface area contributed by atoms with Crippen LogP contribution in [0.5, 0.6) is 0 Å². The van der Waals surface area contributed by atoms with Gasteiger partial charge >= 0.3 is 0 Å². The van der Waals surface area contributed by atoms with Gasteiger partial charge in [-0.3, -0.25) is 4.79 Å². The second kappa shape index (κ2) is 8.02. The Kier molecular flexibility index (Phi) is 6.85. The number of rotatable bonds is 7. The van der Waals surface area contributed by atoms with Crippen molar-refractivity contribution in [2.45, 2.75) is 66.0 Å². The van der Waals surface area contributed by atoms with Crippen LogP contribution in [-0.2, 0) is 10.2 Å². The van der Waals surface area contributed by atoms with Crippen LogP contribution in [0.3, 0.4) is 0 Å². The maximum absolute atomic E-state index is 12.9. The third kappa shape index (κ3) is 4.97. The fraction of sp³-hybridized carbons (Fsp3) is 0.650. The highest BCUT2D eigenvalue weighted by atomic mass is 16.2. The first-order valence-corrected chi connectivity index (χ1v) is 8.86. The summed E-state index contributed by atoms with van der Waals surface area (Å²) in [6, 6.07) is 8.11. The summed E-state index contributed by atoms with van der Waals surface area (Å²) < 4.78 is 0. The van der Waals surface area contributed by atoms with Gasteiger partial charge in [-0.25, -0.2) is 0 Å². The number of anilines is 1. The van der Waals surface area contributed by atoms with Crippen LogP contribution in [0.4, 0.5) is 5.69 Å². The van der Waals surface area contributed by atoms with Gasteiger partial charge in [0.05, 0.1) is 6.04 Å². The molecule has 0 aliphatic rings. The molecule has 0 aliphatic heterocycles. The lowest BCUT2D eigenvalue weighted by Gasteiger charge is -2.36. The summed E-state index contributed by atoms with van der Waals surface area (Å²) in [7, 11) is 1.85. The molecule has 2 unspecified atom stereocenters. The number of carbonyl (C=O) groups is 1. The first kappa shape index (κ1) is 20.5. The van der Waals surface area contributed by atoms with Crippen LogP contribution in [0.1, 0.15) is 54.0 Å². The first-order valence-electron chi connectivity index (χ1n) is 8.86. The maximum Gasteiger partial charge on any atom is 0.238 e. The number of likely N-dealkylation sites (N-methyl/N-ethyl adjacent to an activating group) is 1. The molecule has 1 aromatic carbocycles. The molecule has 0 heterocycles. The second-order valence-electron chi connectivity index (χ2n) is 8.15. The Hall–Kier alpha value is -1.55. The number of nitrogens with one attached hydrogen (secondary N) is 3. The largest absolute Gasteiger partial charge is 0.385 e. The molecular weight excluding hydrogens is 298 g/mol. The Balaban J connectivity index is 3.04. The molecule has 0 saturated heterocycles. The monoisotopic (exact) mass is 333 g/mol. The molecule has 0 bridgehead atoms. The smallest absolute Gasteiger partial charge is 0.238 e. The molecular formula is C20H35N3O. The van der Waals surface area contributed by atoms with E-state index in [4.69, 9.17) is 0 Å². The highest BCUT2D eigenvalue weighted by Gasteiger charge is 2.37. The fourth-order valence-electron chi connectivity index (χ4n) is 2.73. The molecule has 24 heavy (non-hydrogen) atoms. The average Bonchev–Trinajstić information content (AvgIpc) is 2.47. The molecule has 1 aromatic rings. The van der Waals surface area contributed by atoms with Gasteiger partial charge in [0.25, 0.3) is 0 Å². The number of benzene rings is 1. The molecule has 0 radical (unpaired) electrons. The zero-order valence-corrected chi connectivity index (χ0v) is 16.6. The van der Waals surface area contributed by atoms with Gasteiger partial charge in [-0.1, -0.05) is 46.8 Å². The van der Waals surface area contributed by atoms with E-state index in [2.05, 4.69) is 82.6 Å². The van der Waals surface area contributed by atoms with Gasteiger partial charge in [0.2, 0.25) is 5.91 Å². The molecule has 1 amide bonds. The topological polar surface area (TPSA) is 53.2 Å². The molecule has 2 atom stereocenters. The van der Waals surface area contributed by atoms with E-state index in [0.717, 1.165) is 17.8 Å². The van der Waals surface area contributed by atoms with E-state index in [9.17, 15) is 4.79 Å². The van der Waals surface area contributed by atoms with Crippen molar-refractivity contribution in [3.8, 4) is 0 Å². The van der Waals surface area contributed by atoms with Gasteiger partial charge in [0.1, 0.15) is 0 Å². The average molecular weight is 334 g/mol. The standard InChI is InChI=1S/C20H35N3O/c1-9-22-16-12-10-11-15(13-16)20(6,7)17(21-8)18(24)23-14(2)19(3,4)5/h10-14,17,21-22H,9H2,1-8H3,(H,23,24). The molecule has 4 heteroatoms. The van der Waals surface area contributed by atoms with E-state index < -0.39 is 0 Å². The summed E-state index contributed by atoms with van der Waals surface area (Å²) in [4.78, 5) is 12.9. The zero-order chi connectivity index (χ0) is 18.5. The van der Waals surface area contributed by atoms with E-state index in [-0.39, 0.29) is 28.8 Å². The molecule has 0 aliphatic carbocycles. The van der Waals surface area contributed by atoms with Crippen molar-refractivity contribution in [1.82, 2.24) is 10.6 Å². The summed E-state index contributed by atoms with van der Waals surface area (Å²) in [6.45, 7) is 15.6. The Labute approximate surface area is 147 Å².